The Morgan fingerprint density at radius 1 is 0.852 bits per heavy atom. The van der Waals surface area contributed by atoms with Crippen LogP contribution in [0.4, 0.5) is 29.1 Å². The van der Waals surface area contributed by atoms with Crippen LogP contribution < -0.4 is 19.7 Å². The Kier molecular flexibility index (Phi) is 9.65. The van der Waals surface area contributed by atoms with E-state index in [4.69, 9.17) is 14.5 Å². The van der Waals surface area contributed by atoms with Gasteiger partial charge in [0.15, 0.2) is 11.5 Å². The summed E-state index contributed by atoms with van der Waals surface area (Å²) in [6.07, 6.45) is 2.57. The normalized spacial score (nSPS) is 11.5. The molecule has 12 nitrogen and oxygen atoms in total. The summed E-state index contributed by atoms with van der Waals surface area (Å²) < 4.78 is 68.5. The maximum atomic E-state index is 15.1. The predicted molar refractivity (Wildman–Crippen MR) is 191 cm³/mol. The van der Waals surface area contributed by atoms with Crippen molar-refractivity contribution in [2.24, 2.45) is 0 Å². The molecule has 0 bridgehead atoms. The summed E-state index contributed by atoms with van der Waals surface area (Å²) in [7, 11) is 3.23. The number of hydrogen-bond donors (Lipinski definition) is 1. The van der Waals surface area contributed by atoms with Gasteiger partial charge in [-0.05, 0) is 72.1 Å². The molecule has 7 rings (SSSR count). The Labute approximate surface area is 305 Å². The minimum atomic E-state index is -4.68. The molecule has 3 aromatic carbocycles. The van der Waals surface area contributed by atoms with Crippen molar-refractivity contribution in [3.63, 3.8) is 0 Å². The first-order chi connectivity index (χ1) is 26.0. The van der Waals surface area contributed by atoms with E-state index in [9.17, 15) is 18.0 Å². The molecule has 0 radical (unpaired) electrons. The number of imidazole rings is 1. The van der Waals surface area contributed by atoms with Crippen molar-refractivity contribution in [3.8, 4) is 28.4 Å². The average molecular weight is 738 g/mol. The molecule has 0 atom stereocenters. The lowest BCUT2D eigenvalue weighted by molar-refractivity contribution is -0.137. The summed E-state index contributed by atoms with van der Waals surface area (Å²) in [4.78, 5) is 28.0. The molecule has 0 fully saturated rings. The zero-order chi connectivity index (χ0) is 38.0. The van der Waals surface area contributed by atoms with Gasteiger partial charge in [0, 0.05) is 31.0 Å². The highest BCUT2D eigenvalue weighted by molar-refractivity contribution is 6.03. The molecule has 54 heavy (non-hydrogen) atoms. The third-order valence-corrected chi connectivity index (χ3v) is 8.63. The van der Waals surface area contributed by atoms with Crippen molar-refractivity contribution < 1.29 is 31.8 Å². The lowest BCUT2D eigenvalue weighted by atomic mass is 10.1. The summed E-state index contributed by atoms with van der Waals surface area (Å²) in [5.41, 5.74) is 2.79. The molecule has 0 aliphatic carbocycles. The highest BCUT2D eigenvalue weighted by Crippen LogP contribution is 2.31. The fraction of sp³-hybridized carbons (Fsp3) is 0.158. The second-order valence-electron chi connectivity index (χ2n) is 12.2. The second-order valence-corrected chi connectivity index (χ2v) is 12.2. The molecule has 7 aromatic rings. The minimum absolute atomic E-state index is 0.266. The van der Waals surface area contributed by atoms with Crippen molar-refractivity contribution >= 4 is 23.1 Å². The number of anilines is 2. The van der Waals surface area contributed by atoms with Gasteiger partial charge in [-0.2, -0.15) is 23.4 Å². The van der Waals surface area contributed by atoms with Gasteiger partial charge in [0.25, 0.3) is 5.91 Å². The van der Waals surface area contributed by atoms with Crippen LogP contribution in [-0.4, -0.2) is 54.5 Å². The molecule has 1 amide bonds. The minimum Gasteiger partial charge on any atom is -0.497 e. The summed E-state index contributed by atoms with van der Waals surface area (Å²) in [5.74, 6) is 0.273. The number of aromatic nitrogens is 7. The number of carbonyl (C=O) groups excluding carboxylic acids is 1. The number of carbonyl (C=O) groups is 1. The maximum absolute atomic E-state index is 15.1. The van der Waals surface area contributed by atoms with Gasteiger partial charge < -0.3 is 19.7 Å². The number of pyridine rings is 1. The SMILES string of the molecule is COc1ccc(CN(Cc2ccc(OC)cc2)c2ncnn3c(-c4cnn(-c5cc(NC(=O)c6cc(C(F)(F)F)ccn6)c(F)cc5C)c4)cnc23)cc1. The Balaban J connectivity index is 1.19. The smallest absolute Gasteiger partial charge is 0.416 e. The van der Waals surface area contributed by atoms with Crippen molar-refractivity contribution in [1.82, 2.24) is 34.3 Å². The molecule has 0 aliphatic heterocycles. The standard InChI is InChI=1S/C38H31F4N9O3/c1-23-14-30(39)31(48-37(52)32-15-27(12-13-43-32)38(40,41)42)16-33(23)50-21-26(17-46-50)34-18-44-36-35(45-22-47-51(34)36)49(19-24-4-8-28(53-2)9-5-24)20-25-6-10-29(54-3)11-7-25/h4-18,21-22H,19-20H2,1-3H3,(H,48,52). The topological polar surface area (TPSA) is 125 Å². The Morgan fingerprint density at radius 3 is 2.15 bits per heavy atom. The first-order valence-electron chi connectivity index (χ1n) is 16.4. The van der Waals surface area contributed by atoms with E-state index in [1.54, 1.807) is 44.2 Å². The third-order valence-electron chi connectivity index (χ3n) is 8.63. The highest BCUT2D eigenvalue weighted by atomic mass is 19.4. The van der Waals surface area contributed by atoms with Crippen LogP contribution >= 0.6 is 0 Å². The maximum Gasteiger partial charge on any atom is 0.416 e. The number of nitrogens with zero attached hydrogens (tertiary/aromatic N) is 8. The van der Waals surface area contributed by atoms with Gasteiger partial charge in [-0.3, -0.25) is 9.78 Å². The van der Waals surface area contributed by atoms with Gasteiger partial charge in [-0.1, -0.05) is 24.3 Å². The van der Waals surface area contributed by atoms with Crippen molar-refractivity contribution in [3.05, 3.63) is 138 Å². The molecule has 4 aromatic heterocycles. The van der Waals surface area contributed by atoms with Gasteiger partial charge in [0.05, 0.1) is 49.2 Å². The van der Waals surface area contributed by atoms with E-state index >= 15 is 4.39 Å². The van der Waals surface area contributed by atoms with E-state index in [-0.39, 0.29) is 5.69 Å². The first-order valence-corrected chi connectivity index (χ1v) is 16.4. The molecule has 0 unspecified atom stereocenters. The monoisotopic (exact) mass is 737 g/mol. The van der Waals surface area contributed by atoms with Crippen LogP contribution in [-0.2, 0) is 19.3 Å². The fourth-order valence-corrected chi connectivity index (χ4v) is 5.84. The van der Waals surface area contributed by atoms with Crippen LogP contribution in [0.3, 0.4) is 0 Å². The van der Waals surface area contributed by atoms with Crippen LogP contribution in [0.2, 0.25) is 0 Å². The molecule has 0 saturated carbocycles. The molecule has 16 heteroatoms. The van der Waals surface area contributed by atoms with E-state index in [0.29, 0.717) is 53.1 Å². The zero-order valence-electron chi connectivity index (χ0n) is 29.0. The third kappa shape index (κ3) is 7.39. The number of fused-ring (bicyclic) bond motifs is 1. The fourth-order valence-electron chi connectivity index (χ4n) is 5.84. The van der Waals surface area contributed by atoms with Crippen molar-refractivity contribution in [2.75, 3.05) is 24.4 Å². The lowest BCUT2D eigenvalue weighted by Gasteiger charge is -2.24. The van der Waals surface area contributed by atoms with Gasteiger partial charge in [0.2, 0.25) is 0 Å². The van der Waals surface area contributed by atoms with Gasteiger partial charge in [-0.25, -0.2) is 23.6 Å². The van der Waals surface area contributed by atoms with Crippen LogP contribution in [0, 0.1) is 12.7 Å². The molecular formula is C38H31F4N9O3. The summed E-state index contributed by atoms with van der Waals surface area (Å²) in [5, 5.41) is 11.3. The summed E-state index contributed by atoms with van der Waals surface area (Å²) in [6, 6.07) is 19.4. The number of benzene rings is 3. The molecule has 274 valence electrons. The average Bonchev–Trinajstić information content (AvgIpc) is 3.84. The molecule has 0 saturated heterocycles. The number of methoxy groups -OCH3 is 2. The molecular weight excluding hydrogens is 706 g/mol. The number of rotatable bonds is 11. The van der Waals surface area contributed by atoms with E-state index in [1.165, 1.54) is 23.1 Å². The highest BCUT2D eigenvalue weighted by Gasteiger charge is 2.31. The van der Waals surface area contributed by atoms with Gasteiger partial charge in [-0.15, -0.1) is 0 Å². The number of amides is 1. The van der Waals surface area contributed by atoms with Crippen LogP contribution in [0.5, 0.6) is 11.5 Å². The van der Waals surface area contributed by atoms with Crippen molar-refractivity contribution in [2.45, 2.75) is 26.2 Å². The number of alkyl halides is 3. The summed E-state index contributed by atoms with van der Waals surface area (Å²) >= 11 is 0. The van der Waals surface area contributed by atoms with Crippen LogP contribution in [0.1, 0.15) is 32.7 Å². The first kappa shape index (κ1) is 35.6. The Bertz CT molecular complexity index is 2400. The number of ether oxygens (including phenoxy) is 2. The van der Waals surface area contributed by atoms with Crippen molar-refractivity contribution in [1.29, 1.82) is 0 Å². The van der Waals surface area contributed by atoms with Gasteiger partial charge >= 0.3 is 6.18 Å². The predicted octanol–water partition coefficient (Wildman–Crippen LogP) is 7.31. The van der Waals surface area contributed by atoms with Gasteiger partial charge in [0.1, 0.15) is 29.3 Å². The number of hydrogen-bond acceptors (Lipinski definition) is 9. The zero-order valence-corrected chi connectivity index (χ0v) is 29.0. The van der Waals surface area contributed by atoms with Crippen LogP contribution in [0.15, 0.2) is 104 Å². The number of aryl methyl sites for hydroxylation is 1. The molecule has 0 spiro atoms. The van der Waals surface area contributed by atoms with Crippen LogP contribution in [0.25, 0.3) is 22.6 Å². The number of halogens is 4. The number of nitrogens with one attached hydrogen (secondary N) is 1. The molecule has 0 aliphatic rings. The van der Waals surface area contributed by atoms with E-state index < -0.39 is 29.2 Å². The van der Waals surface area contributed by atoms with E-state index in [1.807, 2.05) is 48.5 Å². The molecule has 1 N–H and O–H groups in total. The lowest BCUT2D eigenvalue weighted by Crippen LogP contribution is -2.24. The Morgan fingerprint density at radius 2 is 1.52 bits per heavy atom. The largest absolute Gasteiger partial charge is 0.497 e. The second kappa shape index (κ2) is 14.7. The quantitative estimate of drug-likeness (QED) is 0.136. The Hall–Kier alpha value is -6.84. The molecule has 4 heterocycles. The summed E-state index contributed by atoms with van der Waals surface area (Å²) in [6.45, 7) is 2.65. The van der Waals surface area contributed by atoms with E-state index in [2.05, 4.69) is 30.4 Å². The van der Waals surface area contributed by atoms with E-state index in [0.717, 1.165) is 34.9 Å².